The Labute approximate surface area is 166 Å². The van der Waals surface area contributed by atoms with Crippen LogP contribution in [-0.2, 0) is 13.1 Å². The van der Waals surface area contributed by atoms with Crippen LogP contribution in [0.2, 0.25) is 0 Å². The Kier molecular flexibility index (Phi) is 5.09. The highest BCUT2D eigenvalue weighted by Crippen LogP contribution is 2.25. The van der Waals surface area contributed by atoms with Gasteiger partial charge in [0, 0.05) is 23.9 Å². The van der Waals surface area contributed by atoms with Gasteiger partial charge < -0.3 is 0 Å². The lowest BCUT2D eigenvalue weighted by Crippen LogP contribution is -2.18. The number of halogens is 1. The molecule has 7 nitrogen and oxygen atoms in total. The third-order valence-electron chi connectivity index (χ3n) is 4.62. The molecular formula is C21H21FN6O. The minimum absolute atomic E-state index is 0.284. The van der Waals surface area contributed by atoms with E-state index in [4.69, 9.17) is 5.10 Å². The fraction of sp³-hybridized carbons (Fsp3) is 0.190. The van der Waals surface area contributed by atoms with Crippen molar-refractivity contribution in [3.8, 4) is 16.9 Å². The van der Waals surface area contributed by atoms with Crippen molar-refractivity contribution >= 4 is 0 Å². The molecule has 0 unspecified atom stereocenters. The van der Waals surface area contributed by atoms with Gasteiger partial charge in [0.2, 0.25) is 0 Å². The number of nitrogens with zero attached hydrogens (tertiary/aromatic N) is 4. The van der Waals surface area contributed by atoms with E-state index in [1.807, 2.05) is 54.0 Å². The van der Waals surface area contributed by atoms with Gasteiger partial charge in [0.05, 0.1) is 17.9 Å². The number of aromatic nitrogens is 5. The lowest BCUT2D eigenvalue weighted by atomic mass is 10.1. The second kappa shape index (κ2) is 7.84. The Bertz CT molecular complexity index is 1160. The van der Waals surface area contributed by atoms with Crippen LogP contribution in [0.5, 0.6) is 0 Å². The van der Waals surface area contributed by atoms with Gasteiger partial charge in [-0.05, 0) is 50.4 Å². The summed E-state index contributed by atoms with van der Waals surface area (Å²) in [6.07, 6.45) is 1.98. The van der Waals surface area contributed by atoms with Crippen LogP contribution < -0.4 is 5.69 Å². The molecule has 0 bridgehead atoms. The minimum atomic E-state index is -0.326. The van der Waals surface area contributed by atoms with Crippen LogP contribution in [0.15, 0.2) is 59.5 Å². The second-order valence-corrected chi connectivity index (χ2v) is 7.09. The molecule has 8 heteroatoms. The predicted molar refractivity (Wildman–Crippen MR) is 108 cm³/mol. The number of H-pyrrole nitrogens is 2. The molecule has 2 aromatic heterocycles. The first kappa shape index (κ1) is 18.8. The third-order valence-corrected chi connectivity index (χ3v) is 4.62. The molecule has 0 aliphatic heterocycles. The van der Waals surface area contributed by atoms with Crippen LogP contribution in [0.1, 0.15) is 17.0 Å². The maximum Gasteiger partial charge on any atom is 0.340 e. The van der Waals surface area contributed by atoms with Gasteiger partial charge >= 0.3 is 5.69 Å². The van der Waals surface area contributed by atoms with Gasteiger partial charge in [-0.15, -0.1) is 0 Å². The van der Waals surface area contributed by atoms with Crippen molar-refractivity contribution < 1.29 is 4.39 Å². The highest BCUT2D eigenvalue weighted by atomic mass is 19.1. The molecule has 0 saturated heterocycles. The molecule has 148 valence electrons. The first-order valence-corrected chi connectivity index (χ1v) is 9.21. The summed E-state index contributed by atoms with van der Waals surface area (Å²) in [6, 6.07) is 14.4. The Balaban J connectivity index is 1.67. The van der Waals surface area contributed by atoms with Crippen molar-refractivity contribution in [2.75, 3.05) is 7.05 Å². The molecule has 2 aromatic carbocycles. The lowest BCUT2D eigenvalue weighted by Gasteiger charge is -2.14. The monoisotopic (exact) mass is 392 g/mol. The summed E-state index contributed by atoms with van der Waals surface area (Å²) in [7, 11) is 1.94. The standard InChI is InChI=1S/C21H21FN6O/c1-14-3-9-18(10-4-14)28-12-16(11-27(2)13-19-23-21(29)25-24-19)20(26-28)15-5-7-17(22)8-6-15/h3-10,12H,11,13H2,1-2H3,(H2,23,24,25,29). The smallest absolute Gasteiger partial charge is 0.295 e. The molecule has 0 spiro atoms. The molecule has 4 aromatic rings. The zero-order valence-corrected chi connectivity index (χ0v) is 16.2. The number of hydrogen-bond acceptors (Lipinski definition) is 4. The van der Waals surface area contributed by atoms with Gasteiger partial charge in [-0.2, -0.15) is 10.2 Å². The van der Waals surface area contributed by atoms with Gasteiger partial charge in [-0.3, -0.25) is 9.88 Å². The third kappa shape index (κ3) is 4.33. The summed E-state index contributed by atoms with van der Waals surface area (Å²) in [5, 5.41) is 11.1. The van der Waals surface area contributed by atoms with Gasteiger partial charge in [-0.1, -0.05) is 17.7 Å². The van der Waals surface area contributed by atoms with E-state index in [2.05, 4.69) is 15.2 Å². The quantitative estimate of drug-likeness (QED) is 0.528. The largest absolute Gasteiger partial charge is 0.340 e. The van der Waals surface area contributed by atoms with Crippen LogP contribution >= 0.6 is 0 Å². The highest BCUT2D eigenvalue weighted by Gasteiger charge is 2.15. The molecule has 29 heavy (non-hydrogen) atoms. The maximum atomic E-state index is 13.4. The van der Waals surface area contributed by atoms with Crippen LogP contribution in [0.3, 0.4) is 0 Å². The molecule has 0 saturated carbocycles. The average molecular weight is 392 g/mol. The van der Waals surface area contributed by atoms with Crippen molar-refractivity contribution in [2.24, 2.45) is 0 Å². The number of rotatable bonds is 6. The van der Waals surface area contributed by atoms with Crippen LogP contribution in [0.4, 0.5) is 4.39 Å². The van der Waals surface area contributed by atoms with Crippen LogP contribution in [-0.4, -0.2) is 36.9 Å². The highest BCUT2D eigenvalue weighted by molar-refractivity contribution is 5.63. The molecule has 0 aliphatic rings. The topological polar surface area (TPSA) is 82.6 Å². The number of hydrogen-bond donors (Lipinski definition) is 2. The number of nitrogens with one attached hydrogen (secondary N) is 2. The number of aromatic amines is 2. The van der Waals surface area contributed by atoms with Crippen molar-refractivity contribution in [3.63, 3.8) is 0 Å². The Hall–Kier alpha value is -3.52. The fourth-order valence-electron chi connectivity index (χ4n) is 3.19. The molecule has 0 radical (unpaired) electrons. The van der Waals surface area contributed by atoms with Crippen LogP contribution in [0.25, 0.3) is 16.9 Å². The van der Waals surface area contributed by atoms with E-state index in [1.54, 1.807) is 12.1 Å². The van der Waals surface area contributed by atoms with Crippen LogP contribution in [0, 0.1) is 12.7 Å². The fourth-order valence-corrected chi connectivity index (χ4v) is 3.19. The van der Waals surface area contributed by atoms with E-state index in [0.29, 0.717) is 18.9 Å². The summed E-state index contributed by atoms with van der Waals surface area (Å²) in [5.41, 5.74) is 4.41. The predicted octanol–water partition coefficient (Wildman–Crippen LogP) is 3.03. The van der Waals surface area contributed by atoms with Crippen molar-refractivity contribution in [1.82, 2.24) is 29.9 Å². The summed E-state index contributed by atoms with van der Waals surface area (Å²) in [4.78, 5) is 15.9. The molecular weight excluding hydrogens is 371 g/mol. The van der Waals surface area contributed by atoms with Gasteiger partial charge in [0.25, 0.3) is 0 Å². The van der Waals surface area contributed by atoms with Gasteiger partial charge in [-0.25, -0.2) is 19.0 Å². The van der Waals surface area contributed by atoms with Gasteiger partial charge in [0.15, 0.2) is 0 Å². The first-order valence-electron chi connectivity index (χ1n) is 9.21. The van der Waals surface area contributed by atoms with Crippen molar-refractivity contribution in [2.45, 2.75) is 20.0 Å². The van der Waals surface area contributed by atoms with E-state index >= 15 is 0 Å². The minimum Gasteiger partial charge on any atom is -0.295 e. The molecule has 0 aliphatic carbocycles. The Morgan fingerprint density at radius 3 is 2.45 bits per heavy atom. The van der Waals surface area contributed by atoms with E-state index < -0.39 is 0 Å². The average Bonchev–Trinajstić information content (AvgIpc) is 3.29. The lowest BCUT2D eigenvalue weighted by molar-refractivity contribution is 0.311. The van der Waals surface area contributed by atoms with Crippen molar-refractivity contribution in [1.29, 1.82) is 0 Å². The summed E-state index contributed by atoms with van der Waals surface area (Å²) < 4.78 is 15.2. The summed E-state index contributed by atoms with van der Waals surface area (Å²) >= 11 is 0. The summed E-state index contributed by atoms with van der Waals surface area (Å²) in [6.45, 7) is 3.08. The number of aryl methyl sites for hydroxylation is 1. The van der Waals surface area contributed by atoms with Crippen molar-refractivity contribution in [3.05, 3.63) is 88.0 Å². The maximum absolute atomic E-state index is 13.4. The second-order valence-electron chi connectivity index (χ2n) is 7.09. The Morgan fingerprint density at radius 1 is 1.07 bits per heavy atom. The molecule has 2 N–H and O–H groups in total. The number of benzene rings is 2. The molecule has 0 fully saturated rings. The molecule has 2 heterocycles. The SMILES string of the molecule is Cc1ccc(-n2cc(CN(C)Cc3n[nH]c(=O)[nH]3)c(-c3ccc(F)cc3)n2)cc1. The van der Waals surface area contributed by atoms with E-state index in [1.165, 1.54) is 17.7 Å². The van der Waals surface area contributed by atoms with Gasteiger partial charge in [0.1, 0.15) is 11.6 Å². The summed E-state index contributed by atoms with van der Waals surface area (Å²) in [5.74, 6) is 0.277. The van der Waals surface area contributed by atoms with E-state index in [-0.39, 0.29) is 11.5 Å². The normalized spacial score (nSPS) is 11.3. The first-order chi connectivity index (χ1) is 14.0. The zero-order chi connectivity index (χ0) is 20.4. The molecule has 0 atom stereocenters. The molecule has 0 amide bonds. The Morgan fingerprint density at radius 2 is 1.79 bits per heavy atom. The molecule has 4 rings (SSSR count). The van der Waals surface area contributed by atoms with E-state index in [9.17, 15) is 9.18 Å². The van der Waals surface area contributed by atoms with E-state index in [0.717, 1.165) is 22.5 Å². The zero-order valence-electron chi connectivity index (χ0n) is 16.2.